The maximum atomic E-state index is 12.2. The van der Waals surface area contributed by atoms with E-state index in [1.54, 1.807) is 6.08 Å². The van der Waals surface area contributed by atoms with Gasteiger partial charge in [0, 0.05) is 31.8 Å². The molecule has 114 valence electrons. The predicted molar refractivity (Wildman–Crippen MR) is 83.6 cm³/mol. The lowest BCUT2D eigenvalue weighted by Gasteiger charge is -2.33. The minimum absolute atomic E-state index is 0.206. The molecule has 2 aliphatic rings. The number of amides is 1. The SMILES string of the molecule is CCC(C)C1CCN(C(=O)/C=C/CN(C)C2CCC2)C1. The summed E-state index contributed by atoms with van der Waals surface area (Å²) in [6, 6.07) is 0.747. The molecule has 3 nitrogen and oxygen atoms in total. The van der Waals surface area contributed by atoms with Crippen LogP contribution in [-0.4, -0.2) is 48.4 Å². The van der Waals surface area contributed by atoms with Crippen LogP contribution in [0.15, 0.2) is 12.2 Å². The summed E-state index contributed by atoms with van der Waals surface area (Å²) in [6.07, 6.45) is 10.2. The molecule has 2 rings (SSSR count). The fourth-order valence-electron chi connectivity index (χ4n) is 3.19. The van der Waals surface area contributed by atoms with Crippen molar-refractivity contribution in [3.05, 3.63) is 12.2 Å². The molecule has 3 heteroatoms. The van der Waals surface area contributed by atoms with Gasteiger partial charge >= 0.3 is 0 Å². The average molecular weight is 278 g/mol. The number of rotatable bonds is 6. The van der Waals surface area contributed by atoms with Gasteiger partial charge in [0.25, 0.3) is 0 Å². The Bertz CT molecular complexity index is 349. The smallest absolute Gasteiger partial charge is 0.246 e. The monoisotopic (exact) mass is 278 g/mol. The van der Waals surface area contributed by atoms with Gasteiger partial charge in [-0.1, -0.05) is 32.8 Å². The largest absolute Gasteiger partial charge is 0.339 e. The van der Waals surface area contributed by atoms with Gasteiger partial charge in [-0.15, -0.1) is 0 Å². The third kappa shape index (κ3) is 3.85. The van der Waals surface area contributed by atoms with Crippen LogP contribution in [0.2, 0.25) is 0 Å². The Morgan fingerprint density at radius 3 is 2.75 bits per heavy atom. The Morgan fingerprint density at radius 1 is 1.40 bits per heavy atom. The number of hydrogen-bond donors (Lipinski definition) is 0. The van der Waals surface area contributed by atoms with Crippen LogP contribution in [0, 0.1) is 11.8 Å². The molecule has 1 amide bonds. The molecule has 20 heavy (non-hydrogen) atoms. The van der Waals surface area contributed by atoms with E-state index in [9.17, 15) is 4.79 Å². The number of likely N-dealkylation sites (tertiary alicyclic amines) is 1. The zero-order valence-electron chi connectivity index (χ0n) is 13.3. The van der Waals surface area contributed by atoms with Crippen LogP contribution in [0.4, 0.5) is 0 Å². The first-order chi connectivity index (χ1) is 9.61. The van der Waals surface area contributed by atoms with Crippen molar-refractivity contribution in [2.45, 2.75) is 52.0 Å². The van der Waals surface area contributed by atoms with E-state index < -0.39 is 0 Å². The number of hydrogen-bond acceptors (Lipinski definition) is 2. The molecule has 0 aromatic heterocycles. The van der Waals surface area contributed by atoms with Gasteiger partial charge < -0.3 is 4.90 Å². The highest BCUT2D eigenvalue weighted by Crippen LogP contribution is 2.26. The maximum Gasteiger partial charge on any atom is 0.246 e. The molecule has 0 aromatic rings. The number of carbonyl (C=O) groups excluding carboxylic acids is 1. The first-order valence-electron chi connectivity index (χ1n) is 8.27. The van der Waals surface area contributed by atoms with Crippen LogP contribution < -0.4 is 0 Å². The molecule has 0 N–H and O–H groups in total. The lowest BCUT2D eigenvalue weighted by Crippen LogP contribution is -2.37. The van der Waals surface area contributed by atoms with Crippen LogP contribution in [0.1, 0.15) is 46.0 Å². The molecule has 2 atom stereocenters. The van der Waals surface area contributed by atoms with E-state index in [0.29, 0.717) is 5.92 Å². The number of carbonyl (C=O) groups is 1. The molecule has 1 aliphatic carbocycles. The van der Waals surface area contributed by atoms with E-state index in [0.717, 1.165) is 31.6 Å². The summed E-state index contributed by atoms with van der Waals surface area (Å²) in [7, 11) is 2.16. The second-order valence-corrected chi connectivity index (χ2v) is 6.65. The molecule has 1 aliphatic heterocycles. The van der Waals surface area contributed by atoms with Gasteiger partial charge in [-0.05, 0) is 38.1 Å². The summed E-state index contributed by atoms with van der Waals surface area (Å²) in [5.41, 5.74) is 0. The molecular weight excluding hydrogens is 248 g/mol. The Balaban J connectivity index is 1.72. The first-order valence-corrected chi connectivity index (χ1v) is 8.27. The van der Waals surface area contributed by atoms with Gasteiger partial charge in [0.05, 0.1) is 0 Å². The van der Waals surface area contributed by atoms with Gasteiger partial charge in [0.2, 0.25) is 5.91 Å². The summed E-state index contributed by atoms with van der Waals surface area (Å²) in [6.45, 7) is 7.35. The van der Waals surface area contributed by atoms with E-state index in [-0.39, 0.29) is 5.91 Å². The maximum absolute atomic E-state index is 12.2. The summed E-state index contributed by atoms with van der Waals surface area (Å²) in [5, 5.41) is 0. The summed E-state index contributed by atoms with van der Waals surface area (Å²) in [5.74, 6) is 1.65. The third-order valence-electron chi connectivity index (χ3n) is 5.34. The standard InChI is InChI=1S/C17H30N2O/c1-4-14(2)15-10-12-19(13-15)17(20)9-6-11-18(3)16-7-5-8-16/h6,9,14-16H,4-5,7-8,10-13H2,1-3H3/b9-6+. The zero-order valence-corrected chi connectivity index (χ0v) is 13.3. The zero-order chi connectivity index (χ0) is 14.5. The molecule has 0 aromatic carbocycles. The highest BCUT2D eigenvalue weighted by molar-refractivity contribution is 5.87. The van der Waals surface area contributed by atoms with Crippen molar-refractivity contribution in [1.29, 1.82) is 0 Å². The Labute approximate surface area is 124 Å². The second kappa shape index (κ2) is 7.26. The highest BCUT2D eigenvalue weighted by Gasteiger charge is 2.28. The normalized spacial score (nSPS) is 25.4. The quantitative estimate of drug-likeness (QED) is 0.698. The first kappa shape index (κ1) is 15.6. The van der Waals surface area contributed by atoms with Crippen molar-refractivity contribution >= 4 is 5.91 Å². The summed E-state index contributed by atoms with van der Waals surface area (Å²) < 4.78 is 0. The molecule has 0 bridgehead atoms. The number of nitrogens with zero attached hydrogens (tertiary/aromatic N) is 2. The molecule has 1 saturated carbocycles. The van der Waals surface area contributed by atoms with Crippen molar-refractivity contribution in [1.82, 2.24) is 9.80 Å². The van der Waals surface area contributed by atoms with E-state index in [4.69, 9.17) is 0 Å². The fraction of sp³-hybridized carbons (Fsp3) is 0.824. The molecule has 0 spiro atoms. The Morgan fingerprint density at radius 2 is 2.15 bits per heavy atom. The van der Waals surface area contributed by atoms with Gasteiger partial charge in [0.15, 0.2) is 0 Å². The summed E-state index contributed by atoms with van der Waals surface area (Å²) in [4.78, 5) is 16.5. The van der Waals surface area contributed by atoms with E-state index >= 15 is 0 Å². The molecule has 0 radical (unpaired) electrons. The van der Waals surface area contributed by atoms with E-state index in [2.05, 4.69) is 25.8 Å². The Hall–Kier alpha value is -0.830. The van der Waals surface area contributed by atoms with Crippen molar-refractivity contribution in [3.8, 4) is 0 Å². The van der Waals surface area contributed by atoms with Gasteiger partial charge in [-0.25, -0.2) is 0 Å². The topological polar surface area (TPSA) is 23.6 Å². The van der Waals surface area contributed by atoms with Gasteiger partial charge in [0.1, 0.15) is 0 Å². The molecule has 2 fully saturated rings. The predicted octanol–water partition coefficient (Wildman–Crippen LogP) is 2.92. The number of likely N-dealkylation sites (N-methyl/N-ethyl adjacent to an activating group) is 1. The average Bonchev–Trinajstić information content (AvgIpc) is 2.85. The van der Waals surface area contributed by atoms with Gasteiger partial charge in [-0.3, -0.25) is 9.69 Å². The van der Waals surface area contributed by atoms with Crippen molar-refractivity contribution in [2.75, 3.05) is 26.7 Å². The second-order valence-electron chi connectivity index (χ2n) is 6.65. The highest BCUT2D eigenvalue weighted by atomic mass is 16.2. The molecule has 1 heterocycles. The molecule has 1 saturated heterocycles. The molecular formula is C17H30N2O. The Kier molecular flexibility index (Phi) is 5.64. The van der Waals surface area contributed by atoms with Crippen molar-refractivity contribution in [3.63, 3.8) is 0 Å². The van der Waals surface area contributed by atoms with Crippen molar-refractivity contribution in [2.24, 2.45) is 11.8 Å². The lowest BCUT2D eigenvalue weighted by molar-refractivity contribution is -0.125. The molecule has 2 unspecified atom stereocenters. The minimum atomic E-state index is 0.206. The minimum Gasteiger partial charge on any atom is -0.339 e. The van der Waals surface area contributed by atoms with E-state index in [1.807, 2.05) is 11.0 Å². The van der Waals surface area contributed by atoms with Gasteiger partial charge in [-0.2, -0.15) is 0 Å². The lowest BCUT2D eigenvalue weighted by atomic mass is 9.91. The van der Waals surface area contributed by atoms with Crippen molar-refractivity contribution < 1.29 is 4.79 Å². The fourth-order valence-corrected chi connectivity index (χ4v) is 3.19. The van der Waals surface area contributed by atoms with Crippen LogP contribution in [0.3, 0.4) is 0 Å². The summed E-state index contributed by atoms with van der Waals surface area (Å²) >= 11 is 0. The van der Waals surface area contributed by atoms with Crippen LogP contribution in [0.25, 0.3) is 0 Å². The van der Waals surface area contributed by atoms with E-state index in [1.165, 1.54) is 32.1 Å². The van der Waals surface area contributed by atoms with Crippen LogP contribution in [-0.2, 0) is 4.79 Å². The third-order valence-corrected chi connectivity index (χ3v) is 5.34. The van der Waals surface area contributed by atoms with Crippen LogP contribution in [0.5, 0.6) is 0 Å². The van der Waals surface area contributed by atoms with Crippen LogP contribution >= 0.6 is 0 Å².